The molecule has 5 atom stereocenters. The molecule has 0 amide bonds. The summed E-state index contributed by atoms with van der Waals surface area (Å²) in [4.78, 5) is 0.744. The maximum Gasteiger partial charge on any atom is 0.121 e. The molecule has 0 saturated carbocycles. The van der Waals surface area contributed by atoms with E-state index in [0.717, 1.165) is 38.9 Å². The molecule has 1 aromatic heterocycles. The summed E-state index contributed by atoms with van der Waals surface area (Å²) in [6.45, 7) is -0.440. The molecule has 4 rings (SSSR count). The van der Waals surface area contributed by atoms with Gasteiger partial charge >= 0.3 is 0 Å². The van der Waals surface area contributed by atoms with Crippen LogP contribution in [0.3, 0.4) is 0 Å². The van der Waals surface area contributed by atoms with Gasteiger partial charge in [-0.2, -0.15) is 0 Å². The van der Waals surface area contributed by atoms with Crippen molar-refractivity contribution in [3.63, 3.8) is 0 Å². The number of hydrogen-bond donors (Lipinski definition) is 5. The molecule has 1 fully saturated rings. The lowest BCUT2D eigenvalue weighted by Gasteiger charge is -2.39. The summed E-state index contributed by atoms with van der Waals surface area (Å²) >= 11 is 1.47. The normalized spacial score (nSPS) is 27.4. The zero-order chi connectivity index (χ0) is 20.5. The average molecular weight is 416 g/mol. The summed E-state index contributed by atoms with van der Waals surface area (Å²) < 4.78 is 6.75. The highest BCUT2D eigenvalue weighted by molar-refractivity contribution is 7.19. The minimum Gasteiger partial charge on any atom is -0.508 e. The largest absolute Gasteiger partial charge is 0.508 e. The Kier molecular flexibility index (Phi) is 5.87. The fraction of sp³-hybridized carbons (Fsp3) is 0.364. The number of aliphatic hydroxyl groups is 4. The summed E-state index contributed by atoms with van der Waals surface area (Å²) in [6, 6.07) is 15.2. The molecule has 0 aliphatic carbocycles. The van der Waals surface area contributed by atoms with Crippen molar-refractivity contribution in [2.24, 2.45) is 0 Å². The number of ether oxygens (including phenoxy) is 1. The van der Waals surface area contributed by atoms with Crippen LogP contribution >= 0.6 is 11.3 Å². The number of hydrogen-bond acceptors (Lipinski definition) is 7. The van der Waals surface area contributed by atoms with E-state index >= 15 is 0 Å². The van der Waals surface area contributed by atoms with E-state index in [-0.39, 0.29) is 5.75 Å². The lowest BCUT2D eigenvalue weighted by atomic mass is 9.94. The van der Waals surface area contributed by atoms with Gasteiger partial charge in [0.1, 0.15) is 36.3 Å². The molecule has 0 bridgehead atoms. The van der Waals surface area contributed by atoms with Gasteiger partial charge in [0.05, 0.1) is 6.61 Å². The van der Waals surface area contributed by atoms with Crippen LogP contribution in [-0.2, 0) is 17.6 Å². The molecule has 0 unspecified atom stereocenters. The summed E-state index contributed by atoms with van der Waals surface area (Å²) in [5.41, 5.74) is 2.28. The second-order valence-corrected chi connectivity index (χ2v) is 8.51. The van der Waals surface area contributed by atoms with E-state index in [1.165, 1.54) is 11.3 Å². The van der Waals surface area contributed by atoms with Crippen LogP contribution in [0.2, 0.25) is 0 Å². The highest BCUT2D eigenvalue weighted by atomic mass is 32.1. The smallest absolute Gasteiger partial charge is 0.121 e. The molecule has 6 nitrogen and oxygen atoms in total. The number of rotatable bonds is 5. The van der Waals surface area contributed by atoms with Gasteiger partial charge in [-0.3, -0.25) is 0 Å². The van der Waals surface area contributed by atoms with Gasteiger partial charge in [-0.1, -0.05) is 24.3 Å². The van der Waals surface area contributed by atoms with Crippen LogP contribution in [-0.4, -0.2) is 56.6 Å². The van der Waals surface area contributed by atoms with Crippen molar-refractivity contribution < 1.29 is 30.3 Å². The van der Waals surface area contributed by atoms with Gasteiger partial charge in [0, 0.05) is 9.58 Å². The molecule has 154 valence electrons. The number of fused-ring (bicyclic) bond motifs is 1. The molecule has 2 aromatic carbocycles. The van der Waals surface area contributed by atoms with Crippen molar-refractivity contribution in [3.05, 3.63) is 64.5 Å². The molecule has 7 heteroatoms. The lowest BCUT2D eigenvalue weighted by molar-refractivity contribution is -0.230. The second kappa shape index (κ2) is 8.39. The van der Waals surface area contributed by atoms with E-state index in [4.69, 9.17) is 4.74 Å². The van der Waals surface area contributed by atoms with E-state index in [9.17, 15) is 25.5 Å². The fourth-order valence-corrected chi connectivity index (χ4v) is 4.97. The van der Waals surface area contributed by atoms with Crippen molar-refractivity contribution in [1.29, 1.82) is 0 Å². The Hall–Kier alpha value is -2.00. The summed E-state index contributed by atoms with van der Waals surface area (Å²) in [5, 5.41) is 50.4. The molecule has 1 aliphatic heterocycles. The number of benzene rings is 2. The molecular weight excluding hydrogens is 392 g/mol. The standard InChI is InChI=1S/C22H24O6S/c23-11-16-19(25)20(26)21(27)22(28-16)18-10-15-13(2-1-3-17(15)29-18)7-4-12-5-8-14(24)9-6-12/h1-3,5-6,8-10,16,19-27H,4,7,11H2/t16-,19-,20+,21-,22+/m1/s1. The van der Waals surface area contributed by atoms with E-state index in [0.29, 0.717) is 0 Å². The van der Waals surface area contributed by atoms with Crippen molar-refractivity contribution in [2.45, 2.75) is 43.4 Å². The van der Waals surface area contributed by atoms with Crippen LogP contribution in [0.25, 0.3) is 10.1 Å². The second-order valence-electron chi connectivity index (χ2n) is 7.39. The first-order valence-electron chi connectivity index (χ1n) is 9.57. The third-order valence-corrected chi connectivity index (χ3v) is 6.62. The minimum atomic E-state index is -1.38. The molecule has 1 saturated heterocycles. The first-order chi connectivity index (χ1) is 14.0. The van der Waals surface area contributed by atoms with Gasteiger partial charge in [-0.25, -0.2) is 0 Å². The van der Waals surface area contributed by atoms with Crippen LogP contribution in [0, 0.1) is 0 Å². The van der Waals surface area contributed by atoms with Gasteiger partial charge < -0.3 is 30.3 Å². The Morgan fingerprint density at radius 3 is 2.38 bits per heavy atom. The molecule has 3 aromatic rings. The van der Waals surface area contributed by atoms with Crippen molar-refractivity contribution >= 4 is 21.4 Å². The quantitative estimate of drug-likeness (QED) is 0.435. The highest BCUT2D eigenvalue weighted by Gasteiger charge is 2.44. The topological polar surface area (TPSA) is 110 Å². The number of aryl methyl sites for hydroxylation is 2. The van der Waals surface area contributed by atoms with Gasteiger partial charge in [0.15, 0.2) is 0 Å². The van der Waals surface area contributed by atoms with Gasteiger partial charge in [-0.05, 0) is 53.6 Å². The predicted molar refractivity (Wildman–Crippen MR) is 110 cm³/mol. The molecule has 29 heavy (non-hydrogen) atoms. The van der Waals surface area contributed by atoms with Crippen LogP contribution < -0.4 is 0 Å². The van der Waals surface area contributed by atoms with Crippen molar-refractivity contribution in [1.82, 2.24) is 0 Å². The van der Waals surface area contributed by atoms with E-state index in [2.05, 4.69) is 6.07 Å². The molecule has 2 heterocycles. The Balaban J connectivity index is 1.59. The number of thiophene rings is 1. The third-order valence-electron chi connectivity index (χ3n) is 5.46. The molecular formula is C22H24O6S. The Labute approximate surface area is 172 Å². The maximum atomic E-state index is 10.4. The van der Waals surface area contributed by atoms with Gasteiger partial charge in [0.2, 0.25) is 0 Å². The Morgan fingerprint density at radius 1 is 0.897 bits per heavy atom. The monoisotopic (exact) mass is 416 g/mol. The minimum absolute atomic E-state index is 0.248. The van der Waals surface area contributed by atoms with E-state index in [1.807, 2.05) is 30.3 Å². The Morgan fingerprint density at radius 2 is 1.66 bits per heavy atom. The molecule has 1 aliphatic rings. The number of phenols is 1. The van der Waals surface area contributed by atoms with Gasteiger partial charge in [-0.15, -0.1) is 11.3 Å². The van der Waals surface area contributed by atoms with Crippen LogP contribution in [0.5, 0.6) is 5.75 Å². The van der Waals surface area contributed by atoms with E-state index in [1.54, 1.807) is 12.1 Å². The summed E-state index contributed by atoms with van der Waals surface area (Å²) in [5.74, 6) is 0.248. The molecule has 0 radical (unpaired) electrons. The van der Waals surface area contributed by atoms with Crippen molar-refractivity contribution in [2.75, 3.05) is 6.61 Å². The van der Waals surface area contributed by atoms with Crippen LogP contribution in [0.4, 0.5) is 0 Å². The maximum absolute atomic E-state index is 10.4. The van der Waals surface area contributed by atoms with E-state index < -0.39 is 37.1 Å². The van der Waals surface area contributed by atoms with Gasteiger partial charge in [0.25, 0.3) is 0 Å². The third kappa shape index (κ3) is 4.02. The zero-order valence-electron chi connectivity index (χ0n) is 15.7. The van der Waals surface area contributed by atoms with Crippen LogP contribution in [0.15, 0.2) is 48.5 Å². The van der Waals surface area contributed by atoms with Crippen LogP contribution in [0.1, 0.15) is 22.1 Å². The molecule has 0 spiro atoms. The highest BCUT2D eigenvalue weighted by Crippen LogP contribution is 2.39. The lowest BCUT2D eigenvalue weighted by Crippen LogP contribution is -2.55. The summed E-state index contributed by atoms with van der Waals surface area (Å²) in [7, 11) is 0. The first-order valence-corrected chi connectivity index (χ1v) is 10.4. The molecule has 5 N–H and O–H groups in total. The number of aromatic hydroxyl groups is 1. The number of phenolic OH excluding ortho intramolecular Hbond substituents is 1. The predicted octanol–water partition coefficient (Wildman–Crippen LogP) is 1.91. The fourth-order valence-electron chi connectivity index (χ4n) is 3.78. The summed E-state index contributed by atoms with van der Waals surface area (Å²) in [6.07, 6.45) is -4.12. The Bertz CT molecular complexity index is 967. The number of aliphatic hydroxyl groups excluding tert-OH is 4. The average Bonchev–Trinajstić information content (AvgIpc) is 3.16. The SMILES string of the molecule is OC[C@H]1O[C@@H](c2cc3c(CCc4ccc(O)cc4)cccc3s2)[C@H](O)[C@@H](O)[C@@H]1O. The zero-order valence-corrected chi connectivity index (χ0v) is 16.5. The first kappa shape index (κ1) is 20.3. The van der Waals surface area contributed by atoms with Crippen molar-refractivity contribution in [3.8, 4) is 5.75 Å².